The van der Waals surface area contributed by atoms with E-state index in [1.807, 2.05) is 11.9 Å². The normalized spacial score (nSPS) is 22.1. The molecule has 1 amide bonds. The molecule has 3 aliphatic rings. The first-order valence-corrected chi connectivity index (χ1v) is 14.3. The van der Waals surface area contributed by atoms with Crippen LogP contribution in [0.15, 0.2) is 0 Å². The Kier molecular flexibility index (Phi) is 9.82. The second kappa shape index (κ2) is 12.7. The Morgan fingerprint density at radius 1 is 1.08 bits per heavy atom. The number of carbonyl (C=O) groups excluding carboxylic acids is 1. The Hall–Kier alpha value is -1.62. The number of amides is 1. The van der Waals surface area contributed by atoms with Gasteiger partial charge < -0.3 is 19.7 Å². The number of hydrogen-bond acceptors (Lipinski definition) is 6. The fourth-order valence-electron chi connectivity index (χ4n) is 6.81. The van der Waals surface area contributed by atoms with Gasteiger partial charge in [0.1, 0.15) is 0 Å². The minimum atomic E-state index is -2.62. The Labute approximate surface area is 226 Å². The first-order valence-electron chi connectivity index (χ1n) is 14.3. The second-order valence-electron chi connectivity index (χ2n) is 11.9. The summed E-state index contributed by atoms with van der Waals surface area (Å²) in [6.07, 6.45) is 4.30. The summed E-state index contributed by atoms with van der Waals surface area (Å²) >= 11 is 0. The van der Waals surface area contributed by atoms with Crippen LogP contribution in [0.3, 0.4) is 0 Å². The largest absolute Gasteiger partial charge is 0.384 e. The molecule has 1 aromatic heterocycles. The quantitative estimate of drug-likeness (QED) is 0.463. The molecule has 0 radical (unpaired) electrons. The molecule has 38 heavy (non-hydrogen) atoms. The van der Waals surface area contributed by atoms with Gasteiger partial charge in [-0.15, -0.1) is 0 Å². The van der Waals surface area contributed by atoms with E-state index in [1.54, 1.807) is 14.2 Å². The van der Waals surface area contributed by atoms with Crippen molar-refractivity contribution in [1.82, 2.24) is 24.9 Å². The molecule has 1 aromatic rings. The lowest BCUT2D eigenvalue weighted by Gasteiger charge is -2.40. The van der Waals surface area contributed by atoms with Crippen molar-refractivity contribution in [1.29, 1.82) is 0 Å². The van der Waals surface area contributed by atoms with Crippen molar-refractivity contribution >= 4 is 5.91 Å². The molecular weight excluding hydrogens is 492 g/mol. The Bertz CT molecular complexity index is 914. The fraction of sp³-hybridized carbons (Fsp3) is 0.857. The molecule has 2 fully saturated rings. The van der Waals surface area contributed by atoms with Crippen molar-refractivity contribution in [2.45, 2.75) is 82.8 Å². The molecule has 0 unspecified atom stereocenters. The van der Waals surface area contributed by atoms with Gasteiger partial charge in [-0.1, -0.05) is 0 Å². The van der Waals surface area contributed by atoms with E-state index in [9.17, 15) is 13.6 Å². The molecule has 2 aliphatic carbocycles. The number of alkyl halides is 2. The predicted molar refractivity (Wildman–Crippen MR) is 142 cm³/mol. The summed E-state index contributed by atoms with van der Waals surface area (Å²) in [5.74, 6) is -2.51. The number of methoxy groups -OCH3 is 2. The van der Waals surface area contributed by atoms with Crippen LogP contribution in [0, 0.1) is 11.3 Å². The van der Waals surface area contributed by atoms with Crippen LogP contribution in [0.25, 0.3) is 0 Å². The molecule has 4 rings (SSSR count). The highest BCUT2D eigenvalue weighted by Gasteiger charge is 2.41. The van der Waals surface area contributed by atoms with Crippen LogP contribution in [0.5, 0.6) is 0 Å². The van der Waals surface area contributed by atoms with Crippen LogP contribution >= 0.6 is 0 Å². The molecule has 1 N–H and O–H groups in total. The highest BCUT2D eigenvalue weighted by atomic mass is 19.3. The SMILES string of the molecule is CNCCN(C)Cc1nn2c(c1C1CCC(COC)(COC)CC1)CN(C(=O)C1CCC(F)(F)CC1)CC2. The van der Waals surface area contributed by atoms with Crippen LogP contribution in [-0.4, -0.2) is 92.6 Å². The lowest BCUT2D eigenvalue weighted by Crippen LogP contribution is -2.43. The minimum absolute atomic E-state index is 0.0365. The predicted octanol–water partition coefficient (Wildman–Crippen LogP) is 3.64. The number of likely N-dealkylation sites (N-methyl/N-ethyl adjacent to an activating group) is 2. The lowest BCUT2D eigenvalue weighted by molar-refractivity contribution is -0.141. The number of hydrogen-bond donors (Lipinski definition) is 1. The molecule has 2 heterocycles. The summed E-state index contributed by atoms with van der Waals surface area (Å²) in [5, 5.41) is 8.29. The maximum atomic E-state index is 13.7. The molecule has 8 nitrogen and oxygen atoms in total. The number of halogens is 2. The maximum Gasteiger partial charge on any atom is 0.248 e. The van der Waals surface area contributed by atoms with E-state index in [-0.39, 0.29) is 42.9 Å². The Morgan fingerprint density at radius 3 is 2.34 bits per heavy atom. The van der Waals surface area contributed by atoms with Gasteiger partial charge in [-0.05, 0) is 58.5 Å². The van der Waals surface area contributed by atoms with E-state index in [1.165, 1.54) is 5.56 Å². The van der Waals surface area contributed by atoms with E-state index >= 15 is 0 Å². The van der Waals surface area contributed by atoms with Crippen molar-refractivity contribution in [3.8, 4) is 0 Å². The topological polar surface area (TPSA) is 71.9 Å². The monoisotopic (exact) mass is 539 g/mol. The van der Waals surface area contributed by atoms with Crippen molar-refractivity contribution in [3.63, 3.8) is 0 Å². The first kappa shape index (κ1) is 29.4. The van der Waals surface area contributed by atoms with Crippen LogP contribution in [-0.2, 0) is 33.9 Å². The van der Waals surface area contributed by atoms with Gasteiger partial charge in [0.15, 0.2) is 0 Å². The summed E-state index contributed by atoms with van der Waals surface area (Å²) in [5.41, 5.74) is 3.60. The molecule has 0 spiro atoms. The standard InChI is InChI=1S/C28H47F2N5O3/c1-31-13-14-33(2)17-23-25(21-5-9-27(10-6-21,19-37-3)20-38-4)24-18-34(15-16-35(24)32-23)26(36)22-7-11-28(29,30)12-8-22/h21-22,31H,5-20H2,1-4H3. The van der Waals surface area contributed by atoms with Crippen molar-refractivity contribution in [2.75, 3.05) is 61.2 Å². The van der Waals surface area contributed by atoms with Gasteiger partial charge in [-0.2, -0.15) is 5.10 Å². The van der Waals surface area contributed by atoms with Gasteiger partial charge in [0.2, 0.25) is 11.8 Å². The highest BCUT2D eigenvalue weighted by molar-refractivity contribution is 5.79. The number of fused-ring (bicyclic) bond motifs is 1. The summed E-state index contributed by atoms with van der Waals surface area (Å²) < 4.78 is 40.7. The molecule has 10 heteroatoms. The molecule has 0 atom stereocenters. The summed E-state index contributed by atoms with van der Waals surface area (Å²) in [4.78, 5) is 17.6. The van der Waals surface area contributed by atoms with Crippen LogP contribution in [0.1, 0.15) is 74.2 Å². The summed E-state index contributed by atoms with van der Waals surface area (Å²) in [6.45, 7) is 5.74. The average Bonchev–Trinajstić information content (AvgIpc) is 3.24. The number of carbonyl (C=O) groups is 1. The highest BCUT2D eigenvalue weighted by Crippen LogP contribution is 2.46. The fourth-order valence-corrected chi connectivity index (χ4v) is 6.81. The summed E-state index contributed by atoms with van der Waals surface area (Å²) in [6, 6.07) is 0. The zero-order chi connectivity index (χ0) is 27.3. The van der Waals surface area contributed by atoms with Gasteiger partial charge in [0, 0.05) is 70.1 Å². The molecule has 2 saturated carbocycles. The maximum absolute atomic E-state index is 13.7. The molecule has 0 aromatic carbocycles. The van der Waals surface area contributed by atoms with E-state index in [2.05, 4.69) is 21.9 Å². The van der Waals surface area contributed by atoms with Crippen molar-refractivity contribution in [2.24, 2.45) is 11.3 Å². The zero-order valence-corrected chi connectivity index (χ0v) is 23.7. The molecule has 0 bridgehead atoms. The van der Waals surface area contributed by atoms with Crippen molar-refractivity contribution in [3.05, 3.63) is 17.0 Å². The number of rotatable bonds is 11. The molecule has 1 aliphatic heterocycles. The lowest BCUT2D eigenvalue weighted by atomic mass is 9.69. The van der Waals surface area contributed by atoms with Crippen LogP contribution in [0.4, 0.5) is 8.78 Å². The second-order valence-corrected chi connectivity index (χ2v) is 11.9. The zero-order valence-electron chi connectivity index (χ0n) is 23.7. The third kappa shape index (κ3) is 6.74. The van der Waals surface area contributed by atoms with E-state index < -0.39 is 5.92 Å². The molecule has 216 valence electrons. The smallest absolute Gasteiger partial charge is 0.248 e. The van der Waals surface area contributed by atoms with Gasteiger partial charge in [0.05, 0.1) is 37.7 Å². The van der Waals surface area contributed by atoms with Gasteiger partial charge in [-0.3, -0.25) is 14.4 Å². The number of ether oxygens (including phenoxy) is 2. The number of nitrogens with zero attached hydrogens (tertiary/aromatic N) is 4. The average molecular weight is 540 g/mol. The van der Waals surface area contributed by atoms with E-state index in [0.717, 1.165) is 56.7 Å². The Balaban J connectivity index is 1.55. The third-order valence-electron chi connectivity index (χ3n) is 8.99. The van der Waals surface area contributed by atoms with Gasteiger partial charge in [-0.25, -0.2) is 8.78 Å². The van der Waals surface area contributed by atoms with E-state index in [4.69, 9.17) is 14.6 Å². The molecule has 0 saturated heterocycles. The summed E-state index contributed by atoms with van der Waals surface area (Å²) in [7, 11) is 7.60. The minimum Gasteiger partial charge on any atom is -0.384 e. The van der Waals surface area contributed by atoms with Crippen LogP contribution < -0.4 is 5.32 Å². The molecular formula is C28H47F2N5O3. The number of aromatic nitrogens is 2. The van der Waals surface area contributed by atoms with E-state index in [0.29, 0.717) is 38.8 Å². The first-order chi connectivity index (χ1) is 18.2. The third-order valence-corrected chi connectivity index (χ3v) is 8.99. The van der Waals surface area contributed by atoms with Gasteiger partial charge in [0.25, 0.3) is 0 Å². The van der Waals surface area contributed by atoms with Gasteiger partial charge >= 0.3 is 0 Å². The Morgan fingerprint density at radius 2 is 1.74 bits per heavy atom. The van der Waals surface area contributed by atoms with Crippen molar-refractivity contribution < 1.29 is 23.0 Å². The number of nitrogens with one attached hydrogen (secondary N) is 1. The van der Waals surface area contributed by atoms with Crippen LogP contribution in [0.2, 0.25) is 0 Å².